The van der Waals surface area contributed by atoms with Crippen LogP contribution in [0.2, 0.25) is 0 Å². The summed E-state index contributed by atoms with van der Waals surface area (Å²) in [5.41, 5.74) is 0.576. The Morgan fingerprint density at radius 3 is 2.90 bits per heavy atom. The van der Waals surface area contributed by atoms with E-state index in [9.17, 15) is 13.5 Å². The van der Waals surface area contributed by atoms with Crippen LogP contribution in [0.15, 0.2) is 23.5 Å². The van der Waals surface area contributed by atoms with Crippen molar-refractivity contribution in [2.45, 2.75) is 37.9 Å². The molecule has 0 aliphatic heterocycles. The van der Waals surface area contributed by atoms with E-state index in [1.165, 1.54) is 18.6 Å². The molecule has 9 heteroatoms. The second-order valence-corrected chi connectivity index (χ2v) is 6.04. The molecule has 2 aromatic rings. The molecule has 0 aliphatic carbocycles. The number of hydrogen-bond donors (Lipinski definition) is 3. The van der Waals surface area contributed by atoms with Crippen LogP contribution in [0, 0.1) is 0 Å². The molecular weight excluding hydrogens is 282 g/mol. The van der Waals surface area contributed by atoms with Gasteiger partial charge in [-0.2, -0.15) is 5.10 Å². The van der Waals surface area contributed by atoms with Crippen molar-refractivity contribution in [3.63, 3.8) is 0 Å². The zero-order valence-corrected chi connectivity index (χ0v) is 11.9. The summed E-state index contributed by atoms with van der Waals surface area (Å²) in [6.07, 6.45) is 3.69. The first-order valence-electron chi connectivity index (χ1n) is 6.20. The fourth-order valence-electron chi connectivity index (χ4n) is 1.82. The molecule has 0 saturated carbocycles. The number of nitrogens with zero attached hydrogens (tertiary/aromatic N) is 3. The lowest BCUT2D eigenvalue weighted by Gasteiger charge is -2.04. The molecule has 110 valence electrons. The van der Waals surface area contributed by atoms with E-state index in [4.69, 9.17) is 0 Å². The Bertz CT molecular complexity index is 648. The van der Waals surface area contributed by atoms with Crippen LogP contribution in [0.5, 0.6) is 0 Å². The molecule has 0 saturated heterocycles. The number of rotatable bonds is 7. The smallest absolute Gasteiger partial charge is 0.242 e. The highest BCUT2D eigenvalue weighted by Gasteiger charge is 2.18. The molecule has 2 aromatic heterocycles. The van der Waals surface area contributed by atoms with Crippen molar-refractivity contribution in [1.29, 1.82) is 0 Å². The summed E-state index contributed by atoms with van der Waals surface area (Å²) in [5.74, 6) is 0.434. The van der Waals surface area contributed by atoms with Gasteiger partial charge >= 0.3 is 0 Å². The maximum absolute atomic E-state index is 12.1. The zero-order chi connectivity index (χ0) is 14.6. The van der Waals surface area contributed by atoms with E-state index in [-0.39, 0.29) is 18.0 Å². The second kappa shape index (κ2) is 6.16. The van der Waals surface area contributed by atoms with Crippen molar-refractivity contribution >= 4 is 10.0 Å². The van der Waals surface area contributed by atoms with E-state index in [1.54, 1.807) is 4.57 Å². The highest BCUT2D eigenvalue weighted by atomic mass is 32.2. The lowest BCUT2D eigenvalue weighted by Crippen LogP contribution is -2.23. The molecule has 0 amide bonds. The SMILES string of the molecule is CCCn1cc(S(=O)(=O)NCc2ncn[nH]2)cc1CO. The topological polar surface area (TPSA) is 113 Å². The van der Waals surface area contributed by atoms with E-state index in [2.05, 4.69) is 19.9 Å². The molecule has 0 unspecified atom stereocenters. The third-order valence-corrected chi connectivity index (χ3v) is 4.16. The fourth-order valence-corrected chi connectivity index (χ4v) is 2.87. The van der Waals surface area contributed by atoms with Crippen molar-refractivity contribution in [2.75, 3.05) is 0 Å². The standard InChI is InChI=1S/C11H17N5O3S/c1-2-3-16-6-10(4-9(16)7-17)20(18,19)14-5-11-12-8-13-15-11/h4,6,8,14,17H,2-3,5,7H2,1H3,(H,12,13,15). The number of nitrogens with one attached hydrogen (secondary N) is 2. The van der Waals surface area contributed by atoms with Crippen LogP contribution in [-0.2, 0) is 29.7 Å². The number of hydrogen-bond acceptors (Lipinski definition) is 5. The molecule has 8 nitrogen and oxygen atoms in total. The van der Waals surface area contributed by atoms with Gasteiger partial charge in [0.25, 0.3) is 0 Å². The largest absolute Gasteiger partial charge is 0.390 e. The maximum atomic E-state index is 12.1. The Labute approximate surface area is 116 Å². The summed E-state index contributed by atoms with van der Waals surface area (Å²) in [6.45, 7) is 2.48. The fraction of sp³-hybridized carbons (Fsp3) is 0.455. The van der Waals surface area contributed by atoms with Gasteiger partial charge in [-0.05, 0) is 12.5 Å². The average molecular weight is 299 g/mol. The predicted molar refractivity (Wildman–Crippen MR) is 71.1 cm³/mol. The number of aromatic nitrogens is 4. The van der Waals surface area contributed by atoms with Gasteiger partial charge in [-0.25, -0.2) is 18.1 Å². The van der Waals surface area contributed by atoms with Crippen LogP contribution in [0.25, 0.3) is 0 Å². The second-order valence-electron chi connectivity index (χ2n) is 4.28. The third kappa shape index (κ3) is 3.24. The van der Waals surface area contributed by atoms with E-state index < -0.39 is 10.0 Å². The van der Waals surface area contributed by atoms with Gasteiger partial charge in [-0.1, -0.05) is 6.92 Å². The Balaban J connectivity index is 2.16. The summed E-state index contributed by atoms with van der Waals surface area (Å²) in [5, 5.41) is 15.5. The first kappa shape index (κ1) is 14.7. The normalized spacial score (nSPS) is 11.9. The Kier molecular flexibility index (Phi) is 4.53. The summed E-state index contributed by atoms with van der Waals surface area (Å²) in [4.78, 5) is 3.98. The predicted octanol–water partition coefficient (Wildman–Crippen LogP) is -0.0130. The van der Waals surface area contributed by atoms with E-state index in [0.29, 0.717) is 18.1 Å². The average Bonchev–Trinajstić information content (AvgIpc) is 3.06. The summed E-state index contributed by atoms with van der Waals surface area (Å²) >= 11 is 0. The van der Waals surface area contributed by atoms with Crippen LogP contribution in [0.3, 0.4) is 0 Å². The molecule has 3 N–H and O–H groups in total. The van der Waals surface area contributed by atoms with Gasteiger partial charge in [0.2, 0.25) is 10.0 Å². The van der Waals surface area contributed by atoms with Gasteiger partial charge in [0.15, 0.2) is 0 Å². The van der Waals surface area contributed by atoms with Gasteiger partial charge in [0, 0.05) is 18.4 Å². The van der Waals surface area contributed by atoms with Gasteiger partial charge in [0.1, 0.15) is 12.2 Å². The van der Waals surface area contributed by atoms with Gasteiger partial charge in [0.05, 0.1) is 18.0 Å². The first-order valence-corrected chi connectivity index (χ1v) is 7.69. The molecule has 0 radical (unpaired) electrons. The van der Waals surface area contributed by atoms with Crippen LogP contribution < -0.4 is 4.72 Å². The van der Waals surface area contributed by atoms with Gasteiger partial charge < -0.3 is 9.67 Å². The Hall–Kier alpha value is -1.71. The zero-order valence-electron chi connectivity index (χ0n) is 11.1. The quantitative estimate of drug-likeness (QED) is 0.665. The molecule has 0 atom stereocenters. The summed E-state index contributed by atoms with van der Waals surface area (Å²) in [6, 6.07) is 1.47. The summed E-state index contributed by atoms with van der Waals surface area (Å²) in [7, 11) is -3.64. The van der Waals surface area contributed by atoms with Gasteiger partial charge in [-0.3, -0.25) is 5.10 Å². The lowest BCUT2D eigenvalue weighted by molar-refractivity contribution is 0.270. The van der Waals surface area contributed by atoms with Crippen molar-refractivity contribution in [3.8, 4) is 0 Å². The molecule has 0 spiro atoms. The van der Waals surface area contributed by atoms with E-state index >= 15 is 0 Å². The summed E-state index contributed by atoms with van der Waals surface area (Å²) < 4.78 is 28.5. The van der Waals surface area contributed by atoms with E-state index in [0.717, 1.165) is 6.42 Å². The first-order chi connectivity index (χ1) is 9.56. The van der Waals surface area contributed by atoms with Gasteiger partial charge in [-0.15, -0.1) is 0 Å². The monoisotopic (exact) mass is 299 g/mol. The number of aryl methyl sites for hydroxylation is 1. The third-order valence-electron chi connectivity index (χ3n) is 2.79. The minimum absolute atomic E-state index is 0.0374. The number of aliphatic hydroxyl groups is 1. The lowest BCUT2D eigenvalue weighted by atomic mass is 10.4. The highest BCUT2D eigenvalue weighted by molar-refractivity contribution is 7.89. The molecule has 20 heavy (non-hydrogen) atoms. The maximum Gasteiger partial charge on any atom is 0.242 e. The molecule has 0 aliphatic rings. The Morgan fingerprint density at radius 1 is 1.50 bits per heavy atom. The molecule has 2 heterocycles. The van der Waals surface area contributed by atoms with Crippen LogP contribution in [-0.4, -0.2) is 33.3 Å². The minimum Gasteiger partial charge on any atom is -0.390 e. The van der Waals surface area contributed by atoms with Crippen molar-refractivity contribution in [2.24, 2.45) is 0 Å². The van der Waals surface area contributed by atoms with Crippen molar-refractivity contribution in [3.05, 3.63) is 30.1 Å². The number of aliphatic hydroxyl groups excluding tert-OH is 1. The molecule has 0 bridgehead atoms. The van der Waals surface area contributed by atoms with Crippen molar-refractivity contribution < 1.29 is 13.5 Å². The van der Waals surface area contributed by atoms with Crippen LogP contribution in [0.4, 0.5) is 0 Å². The highest BCUT2D eigenvalue weighted by Crippen LogP contribution is 2.15. The minimum atomic E-state index is -3.64. The van der Waals surface area contributed by atoms with E-state index in [1.807, 2.05) is 6.92 Å². The number of H-pyrrole nitrogens is 1. The molecule has 0 fully saturated rings. The molecular formula is C11H17N5O3S. The number of aromatic amines is 1. The van der Waals surface area contributed by atoms with Crippen LogP contribution in [0.1, 0.15) is 24.9 Å². The Morgan fingerprint density at radius 2 is 2.30 bits per heavy atom. The number of sulfonamides is 1. The molecule has 2 rings (SSSR count). The van der Waals surface area contributed by atoms with Crippen molar-refractivity contribution in [1.82, 2.24) is 24.5 Å². The van der Waals surface area contributed by atoms with Crippen LogP contribution >= 0.6 is 0 Å². The molecule has 0 aromatic carbocycles.